The Morgan fingerprint density at radius 3 is 2.78 bits per heavy atom. The molecular weight excluding hydrogens is 454 g/mol. The normalized spacial score (nSPS) is 15.9. The van der Waals surface area contributed by atoms with Crippen molar-refractivity contribution in [1.82, 2.24) is 24.5 Å². The van der Waals surface area contributed by atoms with E-state index >= 15 is 0 Å². The van der Waals surface area contributed by atoms with E-state index in [1.54, 1.807) is 6.33 Å². The number of pyridine rings is 1. The zero-order valence-corrected chi connectivity index (χ0v) is 19.8. The van der Waals surface area contributed by atoms with Crippen molar-refractivity contribution < 1.29 is 9.84 Å². The summed E-state index contributed by atoms with van der Waals surface area (Å²) in [4.78, 5) is 18.6. The van der Waals surface area contributed by atoms with E-state index in [1.165, 1.54) is 0 Å². The standard InChI is InChI=1S/C27H27N7O2/c35-14-13-29-25-24-26(34(17-30-24)23-8-4-5-15-36-23)33-27(32-25)31-19-9-10-22-21(16-19)20(11-12-28-22)18-6-2-1-3-7-18/h1-3,6-7,9-12,16-17,23,35H,4-5,8,13-15H2,(H2,29,31,32,33). The van der Waals surface area contributed by atoms with Crippen LogP contribution in [0.2, 0.25) is 0 Å². The zero-order chi connectivity index (χ0) is 24.3. The van der Waals surface area contributed by atoms with Gasteiger partial charge in [0.2, 0.25) is 5.95 Å². The number of hydrogen-bond acceptors (Lipinski definition) is 8. The van der Waals surface area contributed by atoms with Crippen LogP contribution in [0.15, 0.2) is 67.1 Å². The van der Waals surface area contributed by atoms with Gasteiger partial charge >= 0.3 is 0 Å². The first-order valence-electron chi connectivity index (χ1n) is 12.2. The van der Waals surface area contributed by atoms with Gasteiger partial charge in [-0.1, -0.05) is 30.3 Å². The van der Waals surface area contributed by atoms with Gasteiger partial charge in [0, 0.05) is 30.4 Å². The van der Waals surface area contributed by atoms with Crippen LogP contribution in [0.25, 0.3) is 33.2 Å². The van der Waals surface area contributed by atoms with Gasteiger partial charge in [-0.15, -0.1) is 0 Å². The van der Waals surface area contributed by atoms with Crippen molar-refractivity contribution in [3.05, 3.63) is 67.1 Å². The fourth-order valence-corrected chi connectivity index (χ4v) is 4.65. The summed E-state index contributed by atoms with van der Waals surface area (Å²) in [7, 11) is 0. The number of hydrogen-bond donors (Lipinski definition) is 3. The molecule has 1 unspecified atom stereocenters. The maximum absolute atomic E-state index is 9.36. The lowest BCUT2D eigenvalue weighted by molar-refractivity contribution is -0.0298. The van der Waals surface area contributed by atoms with Crippen LogP contribution < -0.4 is 10.6 Å². The molecule has 1 saturated heterocycles. The van der Waals surface area contributed by atoms with Gasteiger partial charge < -0.3 is 20.5 Å². The molecule has 1 aliphatic heterocycles. The molecule has 0 spiro atoms. The molecular formula is C27H27N7O2. The lowest BCUT2D eigenvalue weighted by Gasteiger charge is -2.24. The summed E-state index contributed by atoms with van der Waals surface area (Å²) in [5.41, 5.74) is 5.34. The van der Waals surface area contributed by atoms with Gasteiger partial charge in [-0.25, -0.2) is 4.98 Å². The van der Waals surface area contributed by atoms with Crippen molar-refractivity contribution in [1.29, 1.82) is 0 Å². The van der Waals surface area contributed by atoms with Crippen molar-refractivity contribution in [2.45, 2.75) is 25.5 Å². The van der Waals surface area contributed by atoms with Crippen molar-refractivity contribution >= 4 is 39.5 Å². The first kappa shape index (κ1) is 22.4. The van der Waals surface area contributed by atoms with E-state index in [-0.39, 0.29) is 12.8 Å². The summed E-state index contributed by atoms with van der Waals surface area (Å²) in [6.07, 6.45) is 6.58. The third-order valence-electron chi connectivity index (χ3n) is 6.37. The predicted molar refractivity (Wildman–Crippen MR) is 140 cm³/mol. The van der Waals surface area contributed by atoms with E-state index in [4.69, 9.17) is 9.72 Å². The van der Waals surface area contributed by atoms with E-state index in [1.807, 2.05) is 47.2 Å². The summed E-state index contributed by atoms with van der Waals surface area (Å²) >= 11 is 0. The molecule has 3 N–H and O–H groups in total. The van der Waals surface area contributed by atoms with E-state index in [0.29, 0.717) is 29.5 Å². The molecule has 1 atom stereocenters. The Kier molecular flexibility index (Phi) is 6.15. The minimum Gasteiger partial charge on any atom is -0.395 e. The Hall–Kier alpha value is -4.08. The zero-order valence-electron chi connectivity index (χ0n) is 19.8. The summed E-state index contributed by atoms with van der Waals surface area (Å²) in [6, 6.07) is 18.3. The van der Waals surface area contributed by atoms with Crippen LogP contribution in [0, 0.1) is 0 Å². The number of imidazole rings is 1. The summed E-state index contributed by atoms with van der Waals surface area (Å²) in [5.74, 6) is 1.00. The number of nitrogens with zero attached hydrogens (tertiary/aromatic N) is 5. The topological polar surface area (TPSA) is 110 Å². The molecule has 9 heteroatoms. The highest BCUT2D eigenvalue weighted by Crippen LogP contribution is 2.32. The van der Waals surface area contributed by atoms with E-state index in [9.17, 15) is 5.11 Å². The van der Waals surface area contributed by atoms with Gasteiger partial charge in [0.05, 0.1) is 18.5 Å². The van der Waals surface area contributed by atoms with Gasteiger partial charge in [-0.3, -0.25) is 9.55 Å². The smallest absolute Gasteiger partial charge is 0.231 e. The molecule has 0 amide bonds. The monoisotopic (exact) mass is 481 g/mol. The number of rotatable bonds is 7. The van der Waals surface area contributed by atoms with Gasteiger partial charge in [0.1, 0.15) is 6.23 Å². The van der Waals surface area contributed by atoms with E-state index in [0.717, 1.165) is 53.6 Å². The highest BCUT2D eigenvalue weighted by atomic mass is 16.5. The maximum atomic E-state index is 9.36. The van der Waals surface area contributed by atoms with Crippen LogP contribution in [0.1, 0.15) is 25.5 Å². The average molecular weight is 482 g/mol. The molecule has 4 heterocycles. The van der Waals surface area contributed by atoms with Crippen molar-refractivity contribution in [2.24, 2.45) is 0 Å². The molecule has 1 aliphatic rings. The Morgan fingerprint density at radius 2 is 1.94 bits per heavy atom. The number of ether oxygens (including phenoxy) is 1. The Labute approximate surface area is 208 Å². The van der Waals surface area contributed by atoms with Crippen LogP contribution >= 0.6 is 0 Å². The molecule has 9 nitrogen and oxygen atoms in total. The average Bonchev–Trinajstić information content (AvgIpc) is 3.36. The number of nitrogens with one attached hydrogen (secondary N) is 2. The lowest BCUT2D eigenvalue weighted by Crippen LogP contribution is -2.18. The molecule has 0 saturated carbocycles. The lowest BCUT2D eigenvalue weighted by atomic mass is 10.0. The predicted octanol–water partition coefficient (Wildman–Crippen LogP) is 4.89. The van der Waals surface area contributed by atoms with Crippen LogP contribution in [0.3, 0.4) is 0 Å². The van der Waals surface area contributed by atoms with Crippen LogP contribution in [-0.4, -0.2) is 49.4 Å². The first-order chi connectivity index (χ1) is 17.8. The van der Waals surface area contributed by atoms with Crippen LogP contribution in [0.4, 0.5) is 17.5 Å². The third-order valence-corrected chi connectivity index (χ3v) is 6.37. The van der Waals surface area contributed by atoms with Gasteiger partial charge in [-0.05, 0) is 54.7 Å². The number of aromatic nitrogens is 5. The molecule has 1 fully saturated rings. The second kappa shape index (κ2) is 9.88. The second-order valence-electron chi connectivity index (χ2n) is 8.77. The van der Waals surface area contributed by atoms with Crippen molar-refractivity contribution in [2.75, 3.05) is 30.4 Å². The number of benzene rings is 2. The van der Waals surface area contributed by atoms with Crippen LogP contribution in [-0.2, 0) is 4.74 Å². The summed E-state index contributed by atoms with van der Waals surface area (Å²) in [5, 5.41) is 16.9. The van der Waals surface area contributed by atoms with Gasteiger partial charge in [0.15, 0.2) is 17.0 Å². The fourth-order valence-electron chi connectivity index (χ4n) is 4.65. The molecule has 0 aliphatic carbocycles. The minimum absolute atomic E-state index is 0.0133. The molecule has 3 aromatic heterocycles. The number of anilines is 3. The van der Waals surface area contributed by atoms with Crippen molar-refractivity contribution in [3.63, 3.8) is 0 Å². The largest absolute Gasteiger partial charge is 0.395 e. The Balaban J connectivity index is 1.40. The SMILES string of the molecule is OCCNc1nc(Nc2ccc3nccc(-c4ccccc4)c3c2)nc2c1ncn2C1CCCCO1. The second-order valence-corrected chi connectivity index (χ2v) is 8.77. The molecule has 0 radical (unpaired) electrons. The maximum Gasteiger partial charge on any atom is 0.231 e. The quantitative estimate of drug-likeness (QED) is 0.301. The Morgan fingerprint density at radius 1 is 1.03 bits per heavy atom. The summed E-state index contributed by atoms with van der Waals surface area (Å²) in [6.45, 7) is 1.08. The molecule has 2 aromatic carbocycles. The van der Waals surface area contributed by atoms with E-state index < -0.39 is 0 Å². The highest BCUT2D eigenvalue weighted by Gasteiger charge is 2.21. The number of aliphatic hydroxyl groups excluding tert-OH is 1. The fraction of sp³-hybridized carbons (Fsp3) is 0.259. The van der Waals surface area contributed by atoms with Gasteiger partial charge in [0.25, 0.3) is 0 Å². The van der Waals surface area contributed by atoms with Crippen LogP contribution in [0.5, 0.6) is 0 Å². The molecule has 6 rings (SSSR count). The molecule has 36 heavy (non-hydrogen) atoms. The molecule has 182 valence electrons. The third kappa shape index (κ3) is 4.34. The summed E-state index contributed by atoms with van der Waals surface area (Å²) < 4.78 is 7.96. The van der Waals surface area contributed by atoms with E-state index in [2.05, 4.69) is 43.8 Å². The first-order valence-corrected chi connectivity index (χ1v) is 12.2. The Bertz CT molecular complexity index is 1500. The molecule has 0 bridgehead atoms. The number of fused-ring (bicyclic) bond motifs is 2. The minimum atomic E-state index is -0.0997. The highest BCUT2D eigenvalue weighted by molar-refractivity contribution is 5.96. The number of aliphatic hydroxyl groups is 1. The molecule has 5 aromatic rings. The van der Waals surface area contributed by atoms with Gasteiger partial charge in [-0.2, -0.15) is 9.97 Å². The van der Waals surface area contributed by atoms with Crippen molar-refractivity contribution in [3.8, 4) is 11.1 Å².